The Kier molecular flexibility index (Phi) is 6.23. The molecular formula is C16H18Br2N2O. The number of benzene rings is 2. The zero-order valence-corrected chi connectivity index (χ0v) is 14.9. The number of hydrazine groups is 1. The third-order valence-corrected chi connectivity index (χ3v) is 4.31. The molecule has 0 bridgehead atoms. The molecule has 1 unspecified atom stereocenters. The predicted molar refractivity (Wildman–Crippen MR) is 93.2 cm³/mol. The Morgan fingerprint density at radius 1 is 1.14 bits per heavy atom. The van der Waals surface area contributed by atoms with Crippen LogP contribution in [-0.2, 0) is 0 Å². The molecule has 3 N–H and O–H groups in total. The average molecular weight is 414 g/mol. The van der Waals surface area contributed by atoms with Crippen LogP contribution < -0.4 is 16.0 Å². The molecule has 0 fully saturated rings. The minimum absolute atomic E-state index is 0.0762. The molecular weight excluding hydrogens is 396 g/mol. The van der Waals surface area contributed by atoms with E-state index >= 15 is 0 Å². The fraction of sp³-hybridized carbons (Fsp3) is 0.250. The van der Waals surface area contributed by atoms with Gasteiger partial charge >= 0.3 is 0 Å². The van der Waals surface area contributed by atoms with Crippen LogP contribution in [0.3, 0.4) is 0 Å². The summed E-state index contributed by atoms with van der Waals surface area (Å²) in [5.41, 5.74) is 5.04. The molecule has 112 valence electrons. The molecule has 5 heteroatoms. The second-order valence-corrected chi connectivity index (χ2v) is 6.45. The zero-order chi connectivity index (χ0) is 15.2. The summed E-state index contributed by atoms with van der Waals surface area (Å²) in [7, 11) is 0. The van der Waals surface area contributed by atoms with Crippen LogP contribution in [0.2, 0.25) is 0 Å². The molecule has 2 aromatic carbocycles. The number of halogens is 2. The van der Waals surface area contributed by atoms with Crippen LogP contribution in [0.4, 0.5) is 0 Å². The van der Waals surface area contributed by atoms with E-state index in [2.05, 4.69) is 44.2 Å². The van der Waals surface area contributed by atoms with Crippen LogP contribution in [0.5, 0.6) is 5.75 Å². The molecule has 0 radical (unpaired) electrons. The highest BCUT2D eigenvalue weighted by Crippen LogP contribution is 2.31. The van der Waals surface area contributed by atoms with Crippen LogP contribution in [0.1, 0.15) is 30.5 Å². The Balaban J connectivity index is 2.24. The van der Waals surface area contributed by atoms with Crippen LogP contribution in [0.25, 0.3) is 0 Å². The third kappa shape index (κ3) is 4.30. The summed E-state index contributed by atoms with van der Waals surface area (Å²) in [6, 6.07) is 14.0. The summed E-state index contributed by atoms with van der Waals surface area (Å²) in [5, 5.41) is 0. The van der Waals surface area contributed by atoms with Gasteiger partial charge in [-0.1, -0.05) is 57.0 Å². The van der Waals surface area contributed by atoms with Gasteiger partial charge in [-0.3, -0.25) is 5.84 Å². The monoisotopic (exact) mass is 412 g/mol. The molecule has 0 saturated carbocycles. The van der Waals surface area contributed by atoms with Crippen LogP contribution in [0, 0.1) is 0 Å². The first kappa shape index (κ1) is 16.5. The first-order valence-corrected chi connectivity index (χ1v) is 8.38. The Morgan fingerprint density at radius 3 is 2.43 bits per heavy atom. The van der Waals surface area contributed by atoms with Crippen molar-refractivity contribution >= 4 is 31.9 Å². The first-order valence-electron chi connectivity index (χ1n) is 6.79. The lowest BCUT2D eigenvalue weighted by molar-refractivity contribution is 0.317. The summed E-state index contributed by atoms with van der Waals surface area (Å²) in [6.07, 6.45) is 1.00. The molecule has 0 spiro atoms. The van der Waals surface area contributed by atoms with E-state index in [0.29, 0.717) is 0 Å². The van der Waals surface area contributed by atoms with Crippen LogP contribution >= 0.6 is 31.9 Å². The van der Waals surface area contributed by atoms with Gasteiger partial charge in [-0.15, -0.1) is 0 Å². The van der Waals surface area contributed by atoms with Crippen molar-refractivity contribution < 1.29 is 4.74 Å². The molecule has 1 atom stereocenters. The van der Waals surface area contributed by atoms with Crippen molar-refractivity contribution in [1.29, 1.82) is 0 Å². The topological polar surface area (TPSA) is 47.3 Å². The van der Waals surface area contributed by atoms with Crippen molar-refractivity contribution in [2.45, 2.75) is 19.4 Å². The third-order valence-electron chi connectivity index (χ3n) is 3.13. The van der Waals surface area contributed by atoms with E-state index in [-0.39, 0.29) is 6.04 Å². The van der Waals surface area contributed by atoms with Gasteiger partial charge in [-0.05, 0) is 41.8 Å². The van der Waals surface area contributed by atoms with E-state index in [1.807, 2.05) is 42.5 Å². The first-order chi connectivity index (χ1) is 10.2. The van der Waals surface area contributed by atoms with Crippen LogP contribution in [-0.4, -0.2) is 6.61 Å². The maximum Gasteiger partial charge on any atom is 0.119 e. The van der Waals surface area contributed by atoms with Gasteiger partial charge in [0.05, 0.1) is 12.6 Å². The van der Waals surface area contributed by atoms with Crippen molar-refractivity contribution in [3.05, 3.63) is 62.5 Å². The molecule has 0 aromatic heterocycles. The van der Waals surface area contributed by atoms with Crippen molar-refractivity contribution in [1.82, 2.24) is 5.43 Å². The normalized spacial score (nSPS) is 12.2. The molecule has 2 aromatic rings. The average Bonchev–Trinajstić information content (AvgIpc) is 2.49. The minimum atomic E-state index is -0.0762. The number of nitrogens with two attached hydrogens (primary N) is 1. The predicted octanol–water partition coefficient (Wildman–Crippen LogP) is 4.55. The maximum atomic E-state index is 5.75. The highest BCUT2D eigenvalue weighted by atomic mass is 79.9. The lowest BCUT2D eigenvalue weighted by Gasteiger charge is -2.19. The van der Waals surface area contributed by atoms with E-state index < -0.39 is 0 Å². The van der Waals surface area contributed by atoms with Crippen molar-refractivity contribution in [3.8, 4) is 5.75 Å². The highest BCUT2D eigenvalue weighted by molar-refractivity contribution is 9.11. The van der Waals surface area contributed by atoms with Gasteiger partial charge in [0.25, 0.3) is 0 Å². The molecule has 0 amide bonds. The summed E-state index contributed by atoms with van der Waals surface area (Å²) in [4.78, 5) is 0. The van der Waals surface area contributed by atoms with E-state index in [4.69, 9.17) is 10.6 Å². The zero-order valence-electron chi connectivity index (χ0n) is 11.8. The maximum absolute atomic E-state index is 5.75. The molecule has 3 nitrogen and oxygen atoms in total. The Bertz CT molecular complexity index is 587. The summed E-state index contributed by atoms with van der Waals surface area (Å²) in [5.74, 6) is 6.63. The largest absolute Gasteiger partial charge is 0.494 e. The molecule has 0 aliphatic carbocycles. The molecule has 0 saturated heterocycles. The van der Waals surface area contributed by atoms with E-state index in [0.717, 1.165) is 38.8 Å². The number of hydrogen-bond donors (Lipinski definition) is 2. The summed E-state index contributed by atoms with van der Waals surface area (Å²) < 4.78 is 7.63. The van der Waals surface area contributed by atoms with E-state index in [1.165, 1.54) is 0 Å². The molecule has 0 aliphatic rings. The number of rotatable bonds is 6. The quantitative estimate of drug-likeness (QED) is 0.539. The van der Waals surface area contributed by atoms with Gasteiger partial charge in [0.15, 0.2) is 0 Å². The van der Waals surface area contributed by atoms with Crippen molar-refractivity contribution in [2.24, 2.45) is 5.84 Å². The number of hydrogen-bond acceptors (Lipinski definition) is 3. The molecule has 2 rings (SSSR count). The lowest BCUT2D eigenvalue weighted by Crippen LogP contribution is -2.29. The smallest absolute Gasteiger partial charge is 0.119 e. The lowest BCUT2D eigenvalue weighted by atomic mass is 9.99. The van der Waals surface area contributed by atoms with Gasteiger partial charge in [-0.25, -0.2) is 5.43 Å². The van der Waals surface area contributed by atoms with Gasteiger partial charge in [0, 0.05) is 8.95 Å². The van der Waals surface area contributed by atoms with Crippen molar-refractivity contribution in [3.63, 3.8) is 0 Å². The fourth-order valence-corrected chi connectivity index (χ4v) is 3.35. The van der Waals surface area contributed by atoms with Crippen molar-refractivity contribution in [2.75, 3.05) is 6.61 Å². The van der Waals surface area contributed by atoms with Crippen LogP contribution in [0.15, 0.2) is 51.4 Å². The molecule has 0 aliphatic heterocycles. The summed E-state index contributed by atoms with van der Waals surface area (Å²) in [6.45, 7) is 2.82. The summed E-state index contributed by atoms with van der Waals surface area (Å²) >= 11 is 7.04. The second-order valence-electron chi connectivity index (χ2n) is 4.68. The molecule has 0 heterocycles. The van der Waals surface area contributed by atoms with E-state index in [9.17, 15) is 0 Å². The highest BCUT2D eigenvalue weighted by Gasteiger charge is 2.15. The van der Waals surface area contributed by atoms with Gasteiger partial charge in [0.1, 0.15) is 5.75 Å². The molecule has 21 heavy (non-hydrogen) atoms. The van der Waals surface area contributed by atoms with Gasteiger partial charge < -0.3 is 4.74 Å². The fourth-order valence-electron chi connectivity index (χ4n) is 2.08. The SMILES string of the molecule is CCCOc1ccc(C(NN)c2ccc(Br)cc2Br)cc1. The Labute approximate surface area is 142 Å². The number of ether oxygens (including phenoxy) is 1. The number of nitrogens with one attached hydrogen (secondary N) is 1. The van der Waals surface area contributed by atoms with Gasteiger partial charge in [-0.2, -0.15) is 0 Å². The standard InChI is InChI=1S/C16H18Br2N2O/c1-2-9-21-13-6-3-11(4-7-13)16(20-19)14-8-5-12(17)10-15(14)18/h3-8,10,16,20H,2,9,19H2,1H3. The Morgan fingerprint density at radius 2 is 1.86 bits per heavy atom. The minimum Gasteiger partial charge on any atom is -0.494 e. The second kappa shape index (κ2) is 7.94. The Hall–Kier alpha value is -0.880. The van der Waals surface area contributed by atoms with Gasteiger partial charge in [0.2, 0.25) is 0 Å². The van der Waals surface area contributed by atoms with E-state index in [1.54, 1.807) is 0 Å².